The van der Waals surface area contributed by atoms with Crippen LogP contribution < -0.4 is 5.73 Å². The molecule has 0 radical (unpaired) electrons. The van der Waals surface area contributed by atoms with Crippen molar-refractivity contribution in [1.82, 2.24) is 0 Å². The first-order valence-electron chi connectivity index (χ1n) is 3.70. The molecule has 0 aliphatic rings. The number of nitrogens with two attached hydrogens (primary N) is 1. The maximum atomic E-state index is 9.14. The zero-order chi connectivity index (χ0) is 8.15. The molecule has 0 aromatic carbocycles. The molecule has 10 heavy (non-hydrogen) atoms. The molecular weight excluding hydrogens is 126 g/mol. The van der Waals surface area contributed by atoms with Crippen LogP contribution in [0.1, 0.15) is 27.2 Å². The molecule has 60 valence electrons. The zero-order valence-corrected chi connectivity index (χ0v) is 7.02. The van der Waals surface area contributed by atoms with Crippen LogP contribution in [-0.4, -0.2) is 17.8 Å². The topological polar surface area (TPSA) is 46.2 Å². The van der Waals surface area contributed by atoms with E-state index < -0.39 is 0 Å². The molecule has 0 aliphatic carbocycles. The summed E-state index contributed by atoms with van der Waals surface area (Å²) in [4.78, 5) is 0. The first-order valence-corrected chi connectivity index (χ1v) is 3.70. The van der Waals surface area contributed by atoms with E-state index in [0.717, 1.165) is 17.6 Å². The lowest BCUT2D eigenvalue weighted by Crippen LogP contribution is -2.11. The number of rotatable bonds is 3. The third-order valence-electron chi connectivity index (χ3n) is 1.86. The Morgan fingerprint density at radius 3 is 2.20 bits per heavy atom. The number of hydrogen-bond acceptors (Lipinski definition) is 2. The highest BCUT2D eigenvalue weighted by Crippen LogP contribution is 2.09. The fraction of sp³-hybridized carbons (Fsp3) is 0.750. The molecule has 0 saturated heterocycles. The quantitative estimate of drug-likeness (QED) is 0.580. The van der Waals surface area contributed by atoms with Crippen molar-refractivity contribution in [2.24, 2.45) is 5.73 Å². The highest BCUT2D eigenvalue weighted by atomic mass is 16.3. The molecule has 0 aromatic heterocycles. The maximum absolute atomic E-state index is 9.14. The largest absolute Gasteiger partial charge is 0.389 e. The zero-order valence-electron chi connectivity index (χ0n) is 7.02. The summed E-state index contributed by atoms with van der Waals surface area (Å²) in [6, 6.07) is 0. The Hall–Kier alpha value is -0.340. The summed E-state index contributed by atoms with van der Waals surface area (Å²) < 4.78 is 0. The fourth-order valence-corrected chi connectivity index (χ4v) is 0.880. The van der Waals surface area contributed by atoms with Gasteiger partial charge in [0.05, 0.1) is 6.10 Å². The van der Waals surface area contributed by atoms with E-state index in [1.807, 2.05) is 13.8 Å². The third-order valence-corrected chi connectivity index (χ3v) is 1.86. The summed E-state index contributed by atoms with van der Waals surface area (Å²) in [5, 5.41) is 9.14. The molecule has 0 spiro atoms. The van der Waals surface area contributed by atoms with Crippen molar-refractivity contribution in [3.8, 4) is 0 Å². The summed E-state index contributed by atoms with van der Waals surface area (Å²) >= 11 is 0. The summed E-state index contributed by atoms with van der Waals surface area (Å²) in [5.41, 5.74) is 7.63. The Labute approximate surface area is 62.7 Å². The van der Waals surface area contributed by atoms with Crippen LogP contribution in [0.5, 0.6) is 0 Å². The molecule has 0 aromatic rings. The van der Waals surface area contributed by atoms with Crippen LogP contribution in [0.3, 0.4) is 0 Å². The minimum Gasteiger partial charge on any atom is -0.389 e. The van der Waals surface area contributed by atoms with Crippen LogP contribution in [0.25, 0.3) is 0 Å². The third kappa shape index (κ3) is 2.50. The van der Waals surface area contributed by atoms with E-state index in [1.54, 1.807) is 6.92 Å². The lowest BCUT2D eigenvalue weighted by atomic mass is 10.0. The first-order chi connectivity index (χ1) is 4.63. The number of aliphatic hydroxyl groups is 1. The van der Waals surface area contributed by atoms with Gasteiger partial charge in [-0.1, -0.05) is 12.5 Å². The lowest BCUT2D eigenvalue weighted by Gasteiger charge is -2.10. The van der Waals surface area contributed by atoms with Crippen LogP contribution in [0.15, 0.2) is 11.1 Å². The molecule has 0 aliphatic heterocycles. The van der Waals surface area contributed by atoms with Crippen molar-refractivity contribution in [2.75, 3.05) is 6.54 Å². The molecule has 2 heteroatoms. The lowest BCUT2D eigenvalue weighted by molar-refractivity contribution is 0.230. The van der Waals surface area contributed by atoms with Crippen molar-refractivity contribution in [3.05, 3.63) is 11.1 Å². The maximum Gasteiger partial charge on any atom is 0.0722 e. The highest BCUT2D eigenvalue weighted by molar-refractivity contribution is 5.15. The van der Waals surface area contributed by atoms with E-state index in [2.05, 4.69) is 0 Å². The van der Waals surface area contributed by atoms with Crippen molar-refractivity contribution in [3.63, 3.8) is 0 Å². The van der Waals surface area contributed by atoms with Gasteiger partial charge in [0.2, 0.25) is 0 Å². The second kappa shape index (κ2) is 4.47. The molecular formula is C8H17NO. The average Bonchev–Trinajstić information content (AvgIpc) is 1.90. The van der Waals surface area contributed by atoms with E-state index in [0.29, 0.717) is 6.54 Å². The summed E-state index contributed by atoms with van der Waals surface area (Å²) in [6.07, 6.45) is 0.589. The molecule has 2 nitrogen and oxygen atoms in total. The second-order valence-corrected chi connectivity index (χ2v) is 2.52. The van der Waals surface area contributed by atoms with Gasteiger partial charge in [0.15, 0.2) is 0 Å². The van der Waals surface area contributed by atoms with Gasteiger partial charge < -0.3 is 10.8 Å². The van der Waals surface area contributed by atoms with Crippen molar-refractivity contribution in [1.29, 1.82) is 0 Å². The van der Waals surface area contributed by atoms with Gasteiger partial charge in [-0.3, -0.25) is 0 Å². The Morgan fingerprint density at radius 2 is 2.10 bits per heavy atom. The van der Waals surface area contributed by atoms with Crippen LogP contribution in [0, 0.1) is 0 Å². The van der Waals surface area contributed by atoms with Crippen LogP contribution in [0.4, 0.5) is 0 Å². The van der Waals surface area contributed by atoms with E-state index >= 15 is 0 Å². The second-order valence-electron chi connectivity index (χ2n) is 2.52. The fourth-order valence-electron chi connectivity index (χ4n) is 0.880. The van der Waals surface area contributed by atoms with Crippen molar-refractivity contribution in [2.45, 2.75) is 33.3 Å². The van der Waals surface area contributed by atoms with Gasteiger partial charge in [-0.2, -0.15) is 0 Å². The minimum absolute atomic E-state index is 0.349. The Bertz CT molecular complexity index is 121. The van der Waals surface area contributed by atoms with Gasteiger partial charge in [-0.25, -0.2) is 0 Å². The van der Waals surface area contributed by atoms with Crippen molar-refractivity contribution >= 4 is 0 Å². The van der Waals surface area contributed by atoms with Crippen LogP contribution >= 0.6 is 0 Å². The predicted octanol–water partition coefficient (Wildman–Crippen LogP) is 1.05. The molecule has 0 heterocycles. The van der Waals surface area contributed by atoms with Gasteiger partial charge in [0.1, 0.15) is 0 Å². The number of hydrogen-bond donors (Lipinski definition) is 2. The van der Waals surface area contributed by atoms with E-state index in [4.69, 9.17) is 10.8 Å². The molecule has 0 saturated carbocycles. The molecule has 0 bridgehead atoms. The van der Waals surface area contributed by atoms with Gasteiger partial charge in [0, 0.05) is 6.54 Å². The summed E-state index contributed by atoms with van der Waals surface area (Å²) in [6.45, 7) is 6.30. The van der Waals surface area contributed by atoms with Gasteiger partial charge >= 0.3 is 0 Å². The van der Waals surface area contributed by atoms with E-state index in [9.17, 15) is 0 Å². The van der Waals surface area contributed by atoms with Gasteiger partial charge in [0.25, 0.3) is 0 Å². The monoisotopic (exact) mass is 143 g/mol. The molecule has 0 fully saturated rings. The summed E-state index contributed by atoms with van der Waals surface area (Å²) in [7, 11) is 0. The van der Waals surface area contributed by atoms with E-state index in [1.165, 1.54) is 0 Å². The smallest absolute Gasteiger partial charge is 0.0722 e. The SMILES string of the molecule is CCC(CN)=C(C)[C@H](C)O. The Morgan fingerprint density at radius 1 is 1.60 bits per heavy atom. The molecule has 0 rings (SSSR count). The molecule has 0 amide bonds. The summed E-state index contributed by atoms with van der Waals surface area (Å²) in [5.74, 6) is 0. The van der Waals surface area contributed by atoms with E-state index in [-0.39, 0.29) is 6.10 Å². The molecule has 3 N–H and O–H groups in total. The predicted molar refractivity (Wildman–Crippen MR) is 43.7 cm³/mol. The number of aliphatic hydroxyl groups excluding tert-OH is 1. The standard InChI is InChI=1S/C8H17NO/c1-4-8(5-9)6(2)7(3)10/h7,10H,4-5,9H2,1-3H3/t7-/m0/s1. The van der Waals surface area contributed by atoms with Gasteiger partial charge in [-0.05, 0) is 25.8 Å². The highest BCUT2D eigenvalue weighted by Gasteiger charge is 2.02. The molecule has 0 unspecified atom stereocenters. The van der Waals surface area contributed by atoms with Crippen molar-refractivity contribution < 1.29 is 5.11 Å². The minimum atomic E-state index is -0.349. The van der Waals surface area contributed by atoms with Crippen LogP contribution in [-0.2, 0) is 0 Å². The average molecular weight is 143 g/mol. The molecule has 1 atom stereocenters. The first kappa shape index (κ1) is 9.66. The Balaban J connectivity index is 4.27. The van der Waals surface area contributed by atoms with Gasteiger partial charge in [-0.15, -0.1) is 0 Å². The Kier molecular flexibility index (Phi) is 4.32. The van der Waals surface area contributed by atoms with Crippen LogP contribution in [0.2, 0.25) is 0 Å². The normalized spacial score (nSPS) is 16.5.